The Morgan fingerprint density at radius 3 is 2.86 bits per heavy atom. The minimum Gasteiger partial charge on any atom is -0.495 e. The fourth-order valence-electron chi connectivity index (χ4n) is 1.30. The maximum Gasteiger partial charge on any atom is 0.135 e. The third-order valence-electron chi connectivity index (χ3n) is 2.16. The summed E-state index contributed by atoms with van der Waals surface area (Å²) in [5, 5.41) is 3.35. The Morgan fingerprint density at radius 2 is 2.29 bits per heavy atom. The molecule has 0 unspecified atom stereocenters. The molecule has 1 heterocycles. The Balaban J connectivity index is 2.09. The second-order valence-electron chi connectivity index (χ2n) is 3.23. The van der Waals surface area contributed by atoms with Crippen LogP contribution in [0.5, 0.6) is 5.75 Å². The minimum atomic E-state index is 0.445. The van der Waals surface area contributed by atoms with E-state index in [-0.39, 0.29) is 0 Å². The van der Waals surface area contributed by atoms with Crippen molar-refractivity contribution in [3.63, 3.8) is 0 Å². The van der Waals surface area contributed by atoms with Crippen LogP contribution in [0, 0.1) is 0 Å². The van der Waals surface area contributed by atoms with Crippen molar-refractivity contribution in [1.29, 1.82) is 0 Å². The zero-order valence-electron chi connectivity index (χ0n) is 7.92. The Bertz CT molecular complexity index is 326. The van der Waals surface area contributed by atoms with Crippen LogP contribution in [0.3, 0.4) is 0 Å². The molecule has 76 valence electrons. The fraction of sp³-hybridized carbons (Fsp3) is 0.400. The lowest BCUT2D eigenvalue weighted by molar-refractivity contribution is 0.0211. The Kier molecular flexibility index (Phi) is 2.93. The van der Waals surface area contributed by atoms with Gasteiger partial charge in [-0.15, -0.1) is 0 Å². The van der Waals surface area contributed by atoms with Crippen LogP contribution in [0.2, 0.25) is 0 Å². The number of ether oxygens (including phenoxy) is 2. The predicted octanol–water partition coefficient (Wildman–Crippen LogP) is 2.27. The molecule has 0 spiro atoms. The van der Waals surface area contributed by atoms with Crippen LogP contribution >= 0.6 is 15.9 Å². The molecule has 0 saturated carbocycles. The molecule has 1 aromatic carbocycles. The van der Waals surface area contributed by atoms with Crippen molar-refractivity contribution in [3.05, 3.63) is 22.7 Å². The standard InChI is InChI=1S/C10H12BrNO2/c1-13-10-4-7(2-3-9(10)11)12-8-5-14-6-8/h2-4,8,12H,5-6H2,1H3. The van der Waals surface area contributed by atoms with Crippen molar-refractivity contribution in [2.45, 2.75) is 6.04 Å². The van der Waals surface area contributed by atoms with Gasteiger partial charge in [0, 0.05) is 11.8 Å². The zero-order valence-corrected chi connectivity index (χ0v) is 9.50. The number of benzene rings is 1. The first-order valence-corrected chi connectivity index (χ1v) is 5.26. The van der Waals surface area contributed by atoms with Crippen LogP contribution in [0.25, 0.3) is 0 Å². The van der Waals surface area contributed by atoms with E-state index in [1.165, 1.54) is 0 Å². The number of methoxy groups -OCH3 is 1. The van der Waals surface area contributed by atoms with Crippen LogP contribution in [0.15, 0.2) is 22.7 Å². The summed E-state index contributed by atoms with van der Waals surface area (Å²) in [6, 6.07) is 6.41. The van der Waals surface area contributed by atoms with E-state index in [4.69, 9.17) is 9.47 Å². The molecule has 2 rings (SSSR count). The molecular weight excluding hydrogens is 246 g/mol. The number of hydrogen-bond acceptors (Lipinski definition) is 3. The van der Waals surface area contributed by atoms with E-state index < -0.39 is 0 Å². The maximum atomic E-state index is 5.20. The summed E-state index contributed by atoms with van der Waals surface area (Å²) >= 11 is 3.41. The summed E-state index contributed by atoms with van der Waals surface area (Å²) in [5.41, 5.74) is 1.07. The molecule has 1 saturated heterocycles. The van der Waals surface area contributed by atoms with Crippen molar-refractivity contribution in [2.24, 2.45) is 0 Å². The third kappa shape index (κ3) is 2.01. The van der Waals surface area contributed by atoms with Gasteiger partial charge in [-0.25, -0.2) is 0 Å². The second-order valence-corrected chi connectivity index (χ2v) is 4.08. The molecule has 1 aliphatic rings. The molecule has 3 nitrogen and oxygen atoms in total. The van der Waals surface area contributed by atoms with E-state index in [0.29, 0.717) is 6.04 Å². The predicted molar refractivity (Wildman–Crippen MR) is 58.9 cm³/mol. The van der Waals surface area contributed by atoms with Crippen molar-refractivity contribution in [1.82, 2.24) is 0 Å². The molecule has 14 heavy (non-hydrogen) atoms. The van der Waals surface area contributed by atoms with Crippen molar-refractivity contribution in [3.8, 4) is 5.75 Å². The van der Waals surface area contributed by atoms with Crippen LogP contribution in [0.4, 0.5) is 5.69 Å². The number of anilines is 1. The molecular formula is C10H12BrNO2. The van der Waals surface area contributed by atoms with Gasteiger partial charge in [-0.3, -0.25) is 0 Å². The van der Waals surface area contributed by atoms with E-state index in [1.807, 2.05) is 18.2 Å². The van der Waals surface area contributed by atoms with Crippen molar-refractivity contribution < 1.29 is 9.47 Å². The van der Waals surface area contributed by atoms with Gasteiger partial charge < -0.3 is 14.8 Å². The van der Waals surface area contributed by atoms with Gasteiger partial charge in [-0.2, -0.15) is 0 Å². The first kappa shape index (κ1) is 9.80. The molecule has 0 radical (unpaired) electrons. The van der Waals surface area contributed by atoms with Gasteiger partial charge in [-0.05, 0) is 28.1 Å². The SMILES string of the molecule is COc1cc(NC2COC2)ccc1Br. The molecule has 1 N–H and O–H groups in total. The summed E-state index contributed by atoms with van der Waals surface area (Å²) in [7, 11) is 1.66. The topological polar surface area (TPSA) is 30.5 Å². The quantitative estimate of drug-likeness (QED) is 0.902. The Hall–Kier alpha value is -0.740. The molecule has 4 heteroatoms. The van der Waals surface area contributed by atoms with E-state index in [0.717, 1.165) is 29.1 Å². The number of halogens is 1. The number of hydrogen-bond donors (Lipinski definition) is 1. The number of rotatable bonds is 3. The zero-order chi connectivity index (χ0) is 9.97. The highest BCUT2D eigenvalue weighted by molar-refractivity contribution is 9.10. The molecule has 1 aromatic rings. The Labute approximate surface area is 91.5 Å². The smallest absolute Gasteiger partial charge is 0.135 e. The van der Waals surface area contributed by atoms with E-state index in [1.54, 1.807) is 7.11 Å². The van der Waals surface area contributed by atoms with Crippen LogP contribution in [-0.4, -0.2) is 26.4 Å². The van der Waals surface area contributed by atoms with E-state index in [9.17, 15) is 0 Å². The average Bonchev–Trinajstić information content (AvgIpc) is 2.14. The fourth-order valence-corrected chi connectivity index (χ4v) is 1.71. The van der Waals surface area contributed by atoms with E-state index >= 15 is 0 Å². The summed E-state index contributed by atoms with van der Waals surface area (Å²) in [4.78, 5) is 0. The molecule has 1 fully saturated rings. The van der Waals surface area contributed by atoms with Gasteiger partial charge in [0.2, 0.25) is 0 Å². The molecule has 0 amide bonds. The van der Waals surface area contributed by atoms with Gasteiger partial charge in [0.15, 0.2) is 0 Å². The minimum absolute atomic E-state index is 0.445. The lowest BCUT2D eigenvalue weighted by Gasteiger charge is -2.28. The summed E-state index contributed by atoms with van der Waals surface area (Å²) in [6.07, 6.45) is 0. The monoisotopic (exact) mass is 257 g/mol. The van der Waals surface area contributed by atoms with Gasteiger partial charge in [0.1, 0.15) is 5.75 Å². The second kappa shape index (κ2) is 4.19. The van der Waals surface area contributed by atoms with Gasteiger partial charge in [0.25, 0.3) is 0 Å². The van der Waals surface area contributed by atoms with Gasteiger partial charge in [0.05, 0.1) is 30.8 Å². The molecule has 1 aliphatic heterocycles. The van der Waals surface area contributed by atoms with E-state index in [2.05, 4.69) is 21.2 Å². The highest BCUT2D eigenvalue weighted by Gasteiger charge is 2.17. The third-order valence-corrected chi connectivity index (χ3v) is 2.82. The molecule has 0 atom stereocenters. The van der Waals surface area contributed by atoms with Crippen molar-refractivity contribution in [2.75, 3.05) is 25.6 Å². The van der Waals surface area contributed by atoms with Gasteiger partial charge in [-0.1, -0.05) is 0 Å². The maximum absolute atomic E-state index is 5.20. The number of nitrogens with one attached hydrogen (secondary N) is 1. The summed E-state index contributed by atoms with van der Waals surface area (Å²) in [5.74, 6) is 0.843. The normalized spacial score (nSPS) is 16.1. The average molecular weight is 258 g/mol. The Morgan fingerprint density at radius 1 is 1.50 bits per heavy atom. The summed E-state index contributed by atoms with van der Waals surface area (Å²) < 4.78 is 11.3. The highest BCUT2D eigenvalue weighted by atomic mass is 79.9. The van der Waals surface area contributed by atoms with Crippen molar-refractivity contribution >= 4 is 21.6 Å². The first-order valence-electron chi connectivity index (χ1n) is 4.47. The van der Waals surface area contributed by atoms with Crippen LogP contribution < -0.4 is 10.1 Å². The lowest BCUT2D eigenvalue weighted by Crippen LogP contribution is -2.40. The van der Waals surface area contributed by atoms with Crippen LogP contribution in [0.1, 0.15) is 0 Å². The molecule has 0 aliphatic carbocycles. The van der Waals surface area contributed by atoms with Crippen LogP contribution in [-0.2, 0) is 4.74 Å². The lowest BCUT2D eigenvalue weighted by atomic mass is 10.2. The summed E-state index contributed by atoms with van der Waals surface area (Å²) in [6.45, 7) is 1.58. The molecule has 0 bridgehead atoms. The highest BCUT2D eigenvalue weighted by Crippen LogP contribution is 2.28. The molecule has 0 aromatic heterocycles. The largest absolute Gasteiger partial charge is 0.495 e. The van der Waals surface area contributed by atoms with Gasteiger partial charge >= 0.3 is 0 Å². The first-order chi connectivity index (χ1) is 6.79.